The van der Waals surface area contributed by atoms with Crippen LogP contribution in [0.3, 0.4) is 0 Å². The minimum absolute atomic E-state index is 1.04. The Hall–Kier alpha value is -0.580. The number of imidazole rings is 1. The van der Waals surface area contributed by atoms with E-state index in [-0.39, 0.29) is 0 Å². The molecule has 3 heteroatoms. The van der Waals surface area contributed by atoms with Crippen LogP contribution < -0.4 is 0 Å². The van der Waals surface area contributed by atoms with Crippen molar-refractivity contribution < 1.29 is 0 Å². The fourth-order valence-corrected chi connectivity index (χ4v) is 1.52. The van der Waals surface area contributed by atoms with Crippen LogP contribution in [0.25, 0.3) is 11.0 Å². The molecule has 2 aromatic rings. The molecule has 56 valence electrons. The maximum atomic E-state index is 4.16. The quantitative estimate of drug-likeness (QED) is 0.722. The zero-order chi connectivity index (χ0) is 7.84. The number of aromatic nitrogens is 2. The monoisotopic (exact) mass is 258 g/mol. The summed E-state index contributed by atoms with van der Waals surface area (Å²) in [7, 11) is 0. The Labute approximate surface area is 78.2 Å². The standard InChI is InChI=1S/C8H7IN2/c1-5-2-7-8(3-6(5)9)11-4-10-7/h2-4H,1H3,(H,10,11). The number of aromatic amines is 1. The van der Waals surface area contributed by atoms with Crippen molar-refractivity contribution in [2.75, 3.05) is 0 Å². The van der Waals surface area contributed by atoms with E-state index in [2.05, 4.69) is 51.6 Å². The van der Waals surface area contributed by atoms with Gasteiger partial charge in [-0.15, -0.1) is 0 Å². The molecule has 1 aromatic carbocycles. The molecule has 2 nitrogen and oxygen atoms in total. The molecule has 0 spiro atoms. The number of hydrogen-bond donors (Lipinski definition) is 1. The van der Waals surface area contributed by atoms with Crippen LogP contribution in [-0.4, -0.2) is 9.97 Å². The van der Waals surface area contributed by atoms with Gasteiger partial charge in [0.25, 0.3) is 0 Å². The van der Waals surface area contributed by atoms with Crippen molar-refractivity contribution in [2.24, 2.45) is 0 Å². The van der Waals surface area contributed by atoms with Gasteiger partial charge in [0, 0.05) is 3.57 Å². The molecule has 0 radical (unpaired) electrons. The normalized spacial score (nSPS) is 10.7. The molecule has 1 aromatic heterocycles. The summed E-state index contributed by atoms with van der Waals surface area (Å²) in [6, 6.07) is 4.20. The van der Waals surface area contributed by atoms with Crippen LogP contribution in [-0.2, 0) is 0 Å². The van der Waals surface area contributed by atoms with Crippen molar-refractivity contribution in [3.63, 3.8) is 0 Å². The third-order valence-electron chi connectivity index (χ3n) is 1.70. The van der Waals surface area contributed by atoms with E-state index in [9.17, 15) is 0 Å². The lowest BCUT2D eigenvalue weighted by Crippen LogP contribution is -1.79. The molecule has 0 saturated carbocycles. The van der Waals surface area contributed by atoms with Gasteiger partial charge in [0.15, 0.2) is 0 Å². The van der Waals surface area contributed by atoms with Gasteiger partial charge in [-0.3, -0.25) is 0 Å². The largest absolute Gasteiger partial charge is 0.345 e. The third kappa shape index (κ3) is 1.13. The van der Waals surface area contributed by atoms with E-state index >= 15 is 0 Å². The second kappa shape index (κ2) is 2.48. The molecule has 0 unspecified atom stereocenters. The molecule has 0 saturated heterocycles. The first-order chi connectivity index (χ1) is 5.27. The highest BCUT2D eigenvalue weighted by molar-refractivity contribution is 14.1. The molecule has 0 fully saturated rings. The number of halogens is 1. The molecule has 1 heterocycles. The number of fused-ring (bicyclic) bond motifs is 1. The van der Waals surface area contributed by atoms with Crippen molar-refractivity contribution in [3.05, 3.63) is 27.6 Å². The number of aryl methyl sites for hydroxylation is 1. The van der Waals surface area contributed by atoms with Crippen LogP contribution in [0.1, 0.15) is 5.56 Å². The van der Waals surface area contributed by atoms with Gasteiger partial charge in [-0.1, -0.05) is 0 Å². The smallest absolute Gasteiger partial charge is 0.0931 e. The summed E-state index contributed by atoms with van der Waals surface area (Å²) < 4.78 is 1.27. The first-order valence-electron chi connectivity index (χ1n) is 3.36. The Morgan fingerprint density at radius 3 is 3.09 bits per heavy atom. The molecule has 1 N–H and O–H groups in total. The topological polar surface area (TPSA) is 28.7 Å². The fourth-order valence-electron chi connectivity index (χ4n) is 1.06. The number of H-pyrrole nitrogens is 1. The van der Waals surface area contributed by atoms with Crippen LogP contribution in [0.15, 0.2) is 18.5 Å². The SMILES string of the molecule is Cc1cc2[nH]cnc2cc1I. The molecular weight excluding hydrogens is 251 g/mol. The molecular formula is C8H7IN2. The highest BCUT2D eigenvalue weighted by Gasteiger charge is 1.98. The van der Waals surface area contributed by atoms with E-state index in [1.54, 1.807) is 6.33 Å². The Bertz CT molecular complexity index is 356. The lowest BCUT2D eigenvalue weighted by molar-refractivity contribution is 1.34. The highest BCUT2D eigenvalue weighted by atomic mass is 127. The van der Waals surface area contributed by atoms with E-state index in [4.69, 9.17) is 0 Å². The lowest BCUT2D eigenvalue weighted by atomic mass is 10.2. The summed E-state index contributed by atoms with van der Waals surface area (Å²) in [5.74, 6) is 0. The number of nitrogens with one attached hydrogen (secondary N) is 1. The zero-order valence-corrected chi connectivity index (χ0v) is 8.21. The molecule has 0 aliphatic carbocycles. The summed E-state index contributed by atoms with van der Waals surface area (Å²) in [6.45, 7) is 2.10. The van der Waals surface area contributed by atoms with E-state index < -0.39 is 0 Å². The Morgan fingerprint density at radius 1 is 1.45 bits per heavy atom. The molecule has 0 atom stereocenters. The van der Waals surface area contributed by atoms with Gasteiger partial charge in [-0.2, -0.15) is 0 Å². The highest BCUT2D eigenvalue weighted by Crippen LogP contribution is 2.17. The molecule has 2 rings (SSSR count). The Morgan fingerprint density at radius 2 is 2.27 bits per heavy atom. The second-order valence-electron chi connectivity index (χ2n) is 2.52. The van der Waals surface area contributed by atoms with Gasteiger partial charge in [0.2, 0.25) is 0 Å². The summed E-state index contributed by atoms with van der Waals surface area (Å²) in [6.07, 6.45) is 1.72. The Kier molecular flexibility index (Phi) is 1.60. The average molecular weight is 258 g/mol. The van der Waals surface area contributed by atoms with Gasteiger partial charge >= 0.3 is 0 Å². The van der Waals surface area contributed by atoms with Crippen LogP contribution >= 0.6 is 22.6 Å². The number of benzene rings is 1. The summed E-state index contributed by atoms with van der Waals surface area (Å²) >= 11 is 2.32. The van der Waals surface area contributed by atoms with Crippen molar-refractivity contribution in [1.29, 1.82) is 0 Å². The first-order valence-corrected chi connectivity index (χ1v) is 4.44. The summed E-state index contributed by atoms with van der Waals surface area (Å²) in [5.41, 5.74) is 3.45. The van der Waals surface area contributed by atoms with Gasteiger partial charge in [-0.25, -0.2) is 4.98 Å². The fraction of sp³-hybridized carbons (Fsp3) is 0.125. The van der Waals surface area contributed by atoms with Crippen LogP contribution in [0.4, 0.5) is 0 Å². The molecule has 0 aliphatic heterocycles. The van der Waals surface area contributed by atoms with Crippen LogP contribution in [0.2, 0.25) is 0 Å². The lowest BCUT2D eigenvalue weighted by Gasteiger charge is -1.95. The molecule has 0 aliphatic rings. The van der Waals surface area contributed by atoms with Crippen LogP contribution in [0.5, 0.6) is 0 Å². The van der Waals surface area contributed by atoms with Crippen molar-refractivity contribution >= 4 is 33.6 Å². The van der Waals surface area contributed by atoms with Gasteiger partial charge < -0.3 is 4.98 Å². The first kappa shape index (κ1) is 7.09. The van der Waals surface area contributed by atoms with Crippen molar-refractivity contribution in [2.45, 2.75) is 6.92 Å². The second-order valence-corrected chi connectivity index (χ2v) is 3.68. The maximum absolute atomic E-state index is 4.16. The van der Waals surface area contributed by atoms with Gasteiger partial charge in [0.05, 0.1) is 17.4 Å². The number of nitrogens with zero attached hydrogens (tertiary/aromatic N) is 1. The van der Waals surface area contributed by atoms with Crippen LogP contribution in [0, 0.1) is 10.5 Å². The minimum Gasteiger partial charge on any atom is -0.345 e. The van der Waals surface area contributed by atoms with E-state index in [1.165, 1.54) is 9.13 Å². The van der Waals surface area contributed by atoms with E-state index in [1.807, 2.05) is 0 Å². The third-order valence-corrected chi connectivity index (χ3v) is 2.86. The zero-order valence-electron chi connectivity index (χ0n) is 6.06. The van der Waals surface area contributed by atoms with Gasteiger partial charge in [-0.05, 0) is 47.2 Å². The number of hydrogen-bond acceptors (Lipinski definition) is 1. The average Bonchev–Trinajstić information content (AvgIpc) is 2.36. The summed E-state index contributed by atoms with van der Waals surface area (Å²) in [5, 5.41) is 0. The predicted octanol–water partition coefficient (Wildman–Crippen LogP) is 2.48. The van der Waals surface area contributed by atoms with E-state index in [0.29, 0.717) is 0 Å². The van der Waals surface area contributed by atoms with Crippen molar-refractivity contribution in [1.82, 2.24) is 9.97 Å². The molecule has 0 amide bonds. The molecule has 0 bridgehead atoms. The summed E-state index contributed by atoms with van der Waals surface area (Å²) in [4.78, 5) is 7.23. The van der Waals surface area contributed by atoms with Crippen molar-refractivity contribution in [3.8, 4) is 0 Å². The van der Waals surface area contributed by atoms with Gasteiger partial charge in [0.1, 0.15) is 0 Å². The predicted molar refractivity (Wildman–Crippen MR) is 53.5 cm³/mol. The Balaban J connectivity index is 2.86. The van der Waals surface area contributed by atoms with E-state index in [0.717, 1.165) is 11.0 Å². The molecule has 11 heavy (non-hydrogen) atoms. The minimum atomic E-state index is 1.04. The maximum Gasteiger partial charge on any atom is 0.0931 e. The number of rotatable bonds is 0.